The highest BCUT2D eigenvalue weighted by Gasteiger charge is 2.17. The van der Waals surface area contributed by atoms with Crippen LogP contribution in [-0.2, 0) is 4.74 Å². The summed E-state index contributed by atoms with van der Waals surface area (Å²) in [5, 5.41) is 25.1. The lowest BCUT2D eigenvalue weighted by molar-refractivity contribution is -0.384. The molecule has 0 aliphatic rings. The Hall–Kier alpha value is -2.84. The minimum absolute atomic E-state index is 0.0899. The van der Waals surface area contributed by atoms with Crippen LogP contribution in [0.5, 0.6) is 0 Å². The Balaban J connectivity index is 2.63. The number of non-ortho nitro benzene ring substituents is 1. The maximum atomic E-state index is 11.4. The summed E-state index contributed by atoms with van der Waals surface area (Å²) in [6.45, 7) is 5.53. The van der Waals surface area contributed by atoms with Crippen LogP contribution in [0.15, 0.2) is 18.2 Å². The standard InChI is InChI=1S/C14H19N3O6/c1-14(2,3)23-13(20)16-7-6-15-11-8-9(17(21)22)4-5-10(11)12(18)19/h4-5,8,15H,6-7H2,1-3H3,(H,16,20)(H,18,19). The van der Waals surface area contributed by atoms with Crippen LogP contribution < -0.4 is 10.6 Å². The molecule has 0 saturated heterocycles. The molecule has 0 unspecified atom stereocenters. The monoisotopic (exact) mass is 325 g/mol. The highest BCUT2D eigenvalue weighted by molar-refractivity contribution is 5.94. The molecule has 1 amide bonds. The zero-order chi connectivity index (χ0) is 17.6. The Labute approximate surface area is 132 Å². The van der Waals surface area contributed by atoms with E-state index in [0.29, 0.717) is 0 Å². The van der Waals surface area contributed by atoms with E-state index in [0.717, 1.165) is 18.2 Å². The molecule has 0 atom stereocenters. The van der Waals surface area contributed by atoms with Crippen molar-refractivity contribution in [3.8, 4) is 0 Å². The van der Waals surface area contributed by atoms with Crippen molar-refractivity contribution in [1.82, 2.24) is 5.32 Å². The number of anilines is 1. The summed E-state index contributed by atoms with van der Waals surface area (Å²) in [4.78, 5) is 32.7. The van der Waals surface area contributed by atoms with Gasteiger partial charge in [0.05, 0.1) is 16.2 Å². The lowest BCUT2D eigenvalue weighted by atomic mass is 10.1. The number of carboxylic acid groups (broad SMARTS) is 1. The summed E-state index contributed by atoms with van der Waals surface area (Å²) in [7, 11) is 0. The molecule has 0 spiro atoms. The summed E-state index contributed by atoms with van der Waals surface area (Å²) >= 11 is 0. The zero-order valence-corrected chi connectivity index (χ0v) is 13.1. The Bertz CT molecular complexity index is 609. The van der Waals surface area contributed by atoms with E-state index in [1.54, 1.807) is 20.8 Å². The van der Waals surface area contributed by atoms with Crippen LogP contribution in [0.4, 0.5) is 16.2 Å². The number of carbonyl (C=O) groups is 2. The van der Waals surface area contributed by atoms with Crippen molar-refractivity contribution < 1.29 is 24.4 Å². The molecule has 9 nitrogen and oxygen atoms in total. The third-order valence-corrected chi connectivity index (χ3v) is 2.55. The molecule has 3 N–H and O–H groups in total. The van der Waals surface area contributed by atoms with Gasteiger partial charge in [-0.25, -0.2) is 9.59 Å². The predicted octanol–water partition coefficient (Wildman–Crippen LogP) is 2.23. The molecular formula is C14H19N3O6. The first-order valence-electron chi connectivity index (χ1n) is 6.82. The number of alkyl carbamates (subject to hydrolysis) is 1. The molecule has 0 aliphatic carbocycles. The average Bonchev–Trinajstić information content (AvgIpc) is 2.41. The van der Waals surface area contributed by atoms with Gasteiger partial charge < -0.3 is 20.5 Å². The fourth-order valence-corrected chi connectivity index (χ4v) is 1.65. The van der Waals surface area contributed by atoms with Gasteiger partial charge in [0.15, 0.2) is 0 Å². The van der Waals surface area contributed by atoms with Gasteiger partial charge in [0.25, 0.3) is 5.69 Å². The van der Waals surface area contributed by atoms with Gasteiger partial charge in [0.2, 0.25) is 0 Å². The normalized spacial score (nSPS) is 10.7. The van der Waals surface area contributed by atoms with E-state index in [1.165, 1.54) is 0 Å². The first-order chi connectivity index (χ1) is 10.6. The molecule has 0 radical (unpaired) electrons. The number of amides is 1. The van der Waals surface area contributed by atoms with E-state index in [1.807, 2.05) is 0 Å². The van der Waals surface area contributed by atoms with Gasteiger partial charge in [-0.05, 0) is 26.8 Å². The maximum Gasteiger partial charge on any atom is 0.407 e. The van der Waals surface area contributed by atoms with Crippen molar-refractivity contribution in [2.75, 3.05) is 18.4 Å². The van der Waals surface area contributed by atoms with Crippen molar-refractivity contribution >= 4 is 23.4 Å². The van der Waals surface area contributed by atoms with E-state index in [4.69, 9.17) is 9.84 Å². The van der Waals surface area contributed by atoms with Gasteiger partial charge in [0, 0.05) is 25.2 Å². The van der Waals surface area contributed by atoms with Gasteiger partial charge in [0.1, 0.15) is 5.60 Å². The van der Waals surface area contributed by atoms with E-state index in [-0.39, 0.29) is 30.0 Å². The molecule has 23 heavy (non-hydrogen) atoms. The lowest BCUT2D eigenvalue weighted by Gasteiger charge is -2.19. The van der Waals surface area contributed by atoms with Crippen molar-refractivity contribution in [2.45, 2.75) is 26.4 Å². The second kappa shape index (κ2) is 7.43. The number of nitro groups is 1. The Kier molecular flexibility index (Phi) is 5.88. The number of rotatable bonds is 6. The Morgan fingerprint density at radius 1 is 1.30 bits per heavy atom. The fraction of sp³-hybridized carbons (Fsp3) is 0.429. The second-order valence-electron chi connectivity index (χ2n) is 5.65. The van der Waals surface area contributed by atoms with Crippen LogP contribution in [0.25, 0.3) is 0 Å². The highest BCUT2D eigenvalue weighted by atomic mass is 16.6. The van der Waals surface area contributed by atoms with Gasteiger partial charge in [-0.15, -0.1) is 0 Å². The van der Waals surface area contributed by atoms with Gasteiger partial charge in [-0.2, -0.15) is 0 Å². The first-order valence-corrected chi connectivity index (χ1v) is 6.82. The third kappa shape index (κ3) is 6.20. The number of carboxylic acids is 1. The number of aromatic carboxylic acids is 1. The second-order valence-corrected chi connectivity index (χ2v) is 5.65. The molecule has 0 fully saturated rings. The lowest BCUT2D eigenvalue weighted by Crippen LogP contribution is -2.35. The zero-order valence-electron chi connectivity index (χ0n) is 13.1. The SMILES string of the molecule is CC(C)(C)OC(=O)NCCNc1cc([N+](=O)[O-])ccc1C(=O)O. The van der Waals surface area contributed by atoms with Crippen LogP contribution >= 0.6 is 0 Å². The van der Waals surface area contributed by atoms with E-state index in [9.17, 15) is 19.7 Å². The Morgan fingerprint density at radius 2 is 1.96 bits per heavy atom. The number of hydrogen-bond donors (Lipinski definition) is 3. The largest absolute Gasteiger partial charge is 0.478 e. The van der Waals surface area contributed by atoms with Crippen LogP contribution in [-0.4, -0.2) is 40.8 Å². The Morgan fingerprint density at radius 3 is 2.48 bits per heavy atom. The van der Waals surface area contributed by atoms with Crippen LogP contribution in [0.2, 0.25) is 0 Å². The highest BCUT2D eigenvalue weighted by Crippen LogP contribution is 2.22. The molecule has 0 aromatic heterocycles. The number of nitrogens with zero attached hydrogens (tertiary/aromatic N) is 1. The van der Waals surface area contributed by atoms with Crippen molar-refractivity contribution in [3.63, 3.8) is 0 Å². The first kappa shape index (κ1) is 18.2. The molecule has 126 valence electrons. The number of nitro benzene ring substituents is 1. The maximum absolute atomic E-state index is 11.4. The van der Waals surface area contributed by atoms with E-state index in [2.05, 4.69) is 10.6 Å². The summed E-state index contributed by atoms with van der Waals surface area (Å²) < 4.78 is 5.04. The number of ether oxygens (including phenoxy) is 1. The molecular weight excluding hydrogens is 306 g/mol. The number of carbonyl (C=O) groups excluding carboxylic acids is 1. The number of benzene rings is 1. The predicted molar refractivity (Wildman–Crippen MR) is 82.8 cm³/mol. The summed E-state index contributed by atoms with van der Waals surface area (Å²) in [6, 6.07) is 3.41. The third-order valence-electron chi connectivity index (χ3n) is 2.55. The topological polar surface area (TPSA) is 131 Å². The number of hydrogen-bond acceptors (Lipinski definition) is 6. The average molecular weight is 325 g/mol. The molecule has 1 aromatic rings. The van der Waals surface area contributed by atoms with Gasteiger partial charge in [-0.3, -0.25) is 10.1 Å². The van der Waals surface area contributed by atoms with Crippen LogP contribution in [0.1, 0.15) is 31.1 Å². The molecule has 1 aromatic carbocycles. The smallest absolute Gasteiger partial charge is 0.407 e. The molecule has 0 heterocycles. The van der Waals surface area contributed by atoms with Crippen molar-refractivity contribution in [2.24, 2.45) is 0 Å². The number of nitrogens with one attached hydrogen (secondary N) is 2. The minimum Gasteiger partial charge on any atom is -0.478 e. The molecule has 1 rings (SSSR count). The van der Waals surface area contributed by atoms with Gasteiger partial charge in [-0.1, -0.05) is 0 Å². The van der Waals surface area contributed by atoms with Crippen molar-refractivity contribution in [1.29, 1.82) is 0 Å². The van der Waals surface area contributed by atoms with E-state index >= 15 is 0 Å². The van der Waals surface area contributed by atoms with Crippen LogP contribution in [0, 0.1) is 10.1 Å². The quantitative estimate of drug-likeness (QED) is 0.415. The van der Waals surface area contributed by atoms with Gasteiger partial charge >= 0.3 is 12.1 Å². The van der Waals surface area contributed by atoms with E-state index < -0.39 is 22.6 Å². The minimum atomic E-state index is -1.21. The molecule has 0 saturated carbocycles. The van der Waals surface area contributed by atoms with Crippen LogP contribution in [0.3, 0.4) is 0 Å². The summed E-state index contributed by atoms with van der Waals surface area (Å²) in [6.07, 6.45) is -0.600. The molecule has 0 aliphatic heterocycles. The molecule has 9 heteroatoms. The molecule has 0 bridgehead atoms. The van der Waals surface area contributed by atoms with Crippen molar-refractivity contribution in [3.05, 3.63) is 33.9 Å². The summed E-state index contributed by atoms with van der Waals surface area (Å²) in [5.41, 5.74) is -0.822. The summed E-state index contributed by atoms with van der Waals surface area (Å²) in [5.74, 6) is -1.21. The fourth-order valence-electron chi connectivity index (χ4n) is 1.65.